The van der Waals surface area contributed by atoms with Crippen molar-refractivity contribution >= 4 is 23.4 Å². The van der Waals surface area contributed by atoms with Gasteiger partial charge in [-0.15, -0.1) is 11.8 Å². The number of rotatable bonds is 6. The van der Waals surface area contributed by atoms with E-state index in [1.54, 1.807) is 0 Å². The summed E-state index contributed by atoms with van der Waals surface area (Å²) in [6, 6.07) is 14.2. The van der Waals surface area contributed by atoms with Crippen LogP contribution in [0.3, 0.4) is 0 Å². The predicted octanol–water partition coefficient (Wildman–Crippen LogP) is 3.26. The molecule has 1 fully saturated rings. The number of hydrogen-bond donors (Lipinski definition) is 1. The van der Waals surface area contributed by atoms with Gasteiger partial charge in [0.2, 0.25) is 5.91 Å². The molecule has 0 aromatic heterocycles. The molecule has 2 aromatic carbocycles. The van der Waals surface area contributed by atoms with Gasteiger partial charge in [-0.2, -0.15) is 0 Å². The Balaban J connectivity index is 1.28. The molecule has 2 aliphatic heterocycles. The van der Waals surface area contributed by atoms with Crippen molar-refractivity contribution in [3.05, 3.63) is 48.0 Å². The molecule has 0 radical (unpaired) electrons. The number of carbonyl (C=O) groups excluding carboxylic acids is 1. The van der Waals surface area contributed by atoms with E-state index in [9.17, 15) is 4.79 Å². The highest BCUT2D eigenvalue weighted by Gasteiger charge is 2.15. The molecule has 1 saturated heterocycles. The molecule has 154 valence electrons. The zero-order chi connectivity index (χ0) is 20.1. The lowest BCUT2D eigenvalue weighted by atomic mass is 10.1. The van der Waals surface area contributed by atoms with E-state index < -0.39 is 0 Å². The minimum Gasteiger partial charge on any atom is -0.486 e. The Labute approximate surface area is 175 Å². The maximum absolute atomic E-state index is 12.4. The van der Waals surface area contributed by atoms with Gasteiger partial charge in [-0.1, -0.05) is 12.1 Å². The highest BCUT2D eigenvalue weighted by molar-refractivity contribution is 8.00. The molecule has 0 bridgehead atoms. The maximum atomic E-state index is 12.4. The molecule has 29 heavy (non-hydrogen) atoms. The Bertz CT molecular complexity index is 837. The summed E-state index contributed by atoms with van der Waals surface area (Å²) in [6.45, 7) is 6.53. The van der Waals surface area contributed by atoms with Crippen LogP contribution in [0.4, 0.5) is 5.69 Å². The first-order valence-corrected chi connectivity index (χ1v) is 10.9. The Morgan fingerprint density at radius 1 is 1.03 bits per heavy atom. The number of nitrogens with zero attached hydrogens (tertiary/aromatic N) is 1. The molecule has 2 aromatic rings. The van der Waals surface area contributed by atoms with E-state index in [1.165, 1.54) is 17.4 Å². The number of thioether (sulfide) groups is 1. The number of carbonyl (C=O) groups is 1. The average molecular weight is 415 g/mol. The van der Waals surface area contributed by atoms with Crippen LogP contribution in [0.25, 0.3) is 0 Å². The minimum absolute atomic E-state index is 0.00893. The molecule has 7 heteroatoms. The third-order valence-electron chi connectivity index (χ3n) is 5.03. The van der Waals surface area contributed by atoms with Crippen molar-refractivity contribution in [2.45, 2.75) is 17.9 Å². The Morgan fingerprint density at radius 3 is 2.52 bits per heavy atom. The lowest BCUT2D eigenvalue weighted by Gasteiger charge is -2.29. The molecule has 6 nitrogen and oxygen atoms in total. The number of ether oxygens (including phenoxy) is 3. The van der Waals surface area contributed by atoms with Gasteiger partial charge in [-0.05, 0) is 42.8 Å². The van der Waals surface area contributed by atoms with Crippen molar-refractivity contribution in [2.24, 2.45) is 0 Å². The van der Waals surface area contributed by atoms with Gasteiger partial charge >= 0.3 is 0 Å². The quantitative estimate of drug-likeness (QED) is 0.732. The molecule has 0 saturated carbocycles. The molecule has 2 heterocycles. The topological polar surface area (TPSA) is 60.0 Å². The minimum atomic E-state index is -0.0397. The number of fused-ring (bicyclic) bond motifs is 1. The predicted molar refractivity (Wildman–Crippen MR) is 114 cm³/mol. The zero-order valence-corrected chi connectivity index (χ0v) is 17.4. The van der Waals surface area contributed by atoms with Gasteiger partial charge in [0.25, 0.3) is 0 Å². The van der Waals surface area contributed by atoms with Crippen molar-refractivity contribution in [1.29, 1.82) is 0 Å². The van der Waals surface area contributed by atoms with Gasteiger partial charge in [-0.3, -0.25) is 4.79 Å². The molecule has 2 aliphatic rings. The molecule has 0 aliphatic carbocycles. The van der Waals surface area contributed by atoms with E-state index in [4.69, 9.17) is 14.2 Å². The number of morpholine rings is 1. The summed E-state index contributed by atoms with van der Waals surface area (Å²) < 4.78 is 16.5. The van der Waals surface area contributed by atoms with Crippen molar-refractivity contribution < 1.29 is 19.0 Å². The molecule has 1 unspecified atom stereocenters. The summed E-state index contributed by atoms with van der Waals surface area (Å²) in [5.74, 6) is 1.87. The van der Waals surface area contributed by atoms with Crippen LogP contribution in [0.15, 0.2) is 47.4 Å². The first-order chi connectivity index (χ1) is 14.2. The van der Waals surface area contributed by atoms with Crippen LogP contribution in [0, 0.1) is 0 Å². The van der Waals surface area contributed by atoms with E-state index in [0.29, 0.717) is 19.0 Å². The number of benzene rings is 2. The van der Waals surface area contributed by atoms with Crippen LogP contribution in [0.2, 0.25) is 0 Å². The lowest BCUT2D eigenvalue weighted by molar-refractivity contribution is -0.119. The SMILES string of the molecule is CC(NC(=O)CSc1ccc2c(c1)OCCO2)c1ccc(N2CCOCC2)cc1. The molecular weight excluding hydrogens is 388 g/mol. The summed E-state index contributed by atoms with van der Waals surface area (Å²) in [4.78, 5) is 15.7. The van der Waals surface area contributed by atoms with Crippen LogP contribution in [-0.2, 0) is 9.53 Å². The first-order valence-electron chi connectivity index (χ1n) is 9.93. The van der Waals surface area contributed by atoms with Crippen LogP contribution in [0.1, 0.15) is 18.5 Å². The van der Waals surface area contributed by atoms with Crippen molar-refractivity contribution in [3.8, 4) is 11.5 Å². The smallest absolute Gasteiger partial charge is 0.230 e. The standard InChI is InChI=1S/C22H26N2O4S/c1-16(17-2-4-18(5-3-17)24-8-10-26-11-9-24)23-22(25)15-29-19-6-7-20-21(14-19)28-13-12-27-20/h2-7,14,16H,8-13,15H2,1H3,(H,23,25). The molecule has 1 amide bonds. The Hall–Kier alpha value is -2.38. The van der Waals surface area contributed by atoms with Crippen LogP contribution in [-0.4, -0.2) is 51.2 Å². The number of anilines is 1. The van der Waals surface area contributed by atoms with Crippen LogP contribution >= 0.6 is 11.8 Å². The fraction of sp³-hybridized carbons (Fsp3) is 0.409. The molecule has 4 rings (SSSR count). The fourth-order valence-corrected chi connectivity index (χ4v) is 4.16. The summed E-state index contributed by atoms with van der Waals surface area (Å²) in [6.07, 6.45) is 0. The molecule has 1 atom stereocenters. The van der Waals surface area contributed by atoms with E-state index in [2.05, 4.69) is 34.5 Å². The van der Waals surface area contributed by atoms with Crippen molar-refractivity contribution in [1.82, 2.24) is 5.32 Å². The van der Waals surface area contributed by atoms with Gasteiger partial charge in [0, 0.05) is 23.7 Å². The van der Waals surface area contributed by atoms with Gasteiger partial charge in [0.05, 0.1) is 25.0 Å². The normalized spacial score (nSPS) is 16.9. The second-order valence-electron chi connectivity index (χ2n) is 7.07. The summed E-state index contributed by atoms with van der Waals surface area (Å²) >= 11 is 1.49. The van der Waals surface area contributed by atoms with Crippen molar-refractivity contribution in [3.63, 3.8) is 0 Å². The third-order valence-corrected chi connectivity index (χ3v) is 6.02. The monoisotopic (exact) mass is 414 g/mol. The summed E-state index contributed by atoms with van der Waals surface area (Å²) in [7, 11) is 0. The van der Waals surface area contributed by atoms with E-state index >= 15 is 0 Å². The molecule has 0 spiro atoms. The van der Waals surface area contributed by atoms with Gasteiger partial charge < -0.3 is 24.4 Å². The number of nitrogens with one attached hydrogen (secondary N) is 1. The Kier molecular flexibility index (Phi) is 6.46. The fourth-order valence-electron chi connectivity index (χ4n) is 3.42. The highest BCUT2D eigenvalue weighted by atomic mass is 32.2. The average Bonchev–Trinajstić information content (AvgIpc) is 2.78. The second kappa shape index (κ2) is 9.41. The van der Waals surface area contributed by atoms with Crippen molar-refractivity contribution in [2.75, 3.05) is 50.2 Å². The van der Waals surface area contributed by atoms with Gasteiger partial charge in [-0.25, -0.2) is 0 Å². The largest absolute Gasteiger partial charge is 0.486 e. The van der Waals surface area contributed by atoms with Crippen LogP contribution < -0.4 is 19.7 Å². The van der Waals surface area contributed by atoms with E-state index in [1.807, 2.05) is 25.1 Å². The zero-order valence-electron chi connectivity index (χ0n) is 16.6. The third kappa shape index (κ3) is 5.16. The van der Waals surface area contributed by atoms with E-state index in [0.717, 1.165) is 48.3 Å². The first kappa shape index (κ1) is 19.9. The highest BCUT2D eigenvalue weighted by Crippen LogP contribution is 2.34. The van der Waals surface area contributed by atoms with Gasteiger partial charge in [0.1, 0.15) is 13.2 Å². The molecule has 1 N–H and O–H groups in total. The van der Waals surface area contributed by atoms with E-state index in [-0.39, 0.29) is 11.9 Å². The summed E-state index contributed by atoms with van der Waals surface area (Å²) in [5.41, 5.74) is 2.30. The molecular formula is C22H26N2O4S. The number of hydrogen-bond acceptors (Lipinski definition) is 6. The second-order valence-corrected chi connectivity index (χ2v) is 8.12. The summed E-state index contributed by atoms with van der Waals surface area (Å²) in [5, 5.41) is 3.08. The number of amides is 1. The lowest BCUT2D eigenvalue weighted by Crippen LogP contribution is -2.36. The van der Waals surface area contributed by atoms with Crippen LogP contribution in [0.5, 0.6) is 11.5 Å². The van der Waals surface area contributed by atoms with Gasteiger partial charge in [0.15, 0.2) is 11.5 Å². The maximum Gasteiger partial charge on any atom is 0.230 e. The Morgan fingerprint density at radius 2 is 1.76 bits per heavy atom.